The summed E-state index contributed by atoms with van der Waals surface area (Å²) in [6.45, 7) is 0.532. The predicted molar refractivity (Wildman–Crippen MR) is 127 cm³/mol. The Morgan fingerprint density at radius 3 is 2.53 bits per heavy atom. The summed E-state index contributed by atoms with van der Waals surface area (Å²) in [5.41, 5.74) is 2.52. The lowest BCUT2D eigenvalue weighted by molar-refractivity contribution is 0.102. The summed E-state index contributed by atoms with van der Waals surface area (Å²) in [4.78, 5) is 13.3. The van der Waals surface area contributed by atoms with Gasteiger partial charge in [-0.15, -0.1) is 0 Å². The predicted octanol–water partition coefficient (Wildman–Crippen LogP) is 3.32. The summed E-state index contributed by atoms with van der Waals surface area (Å²) < 4.78 is 38.2. The van der Waals surface area contributed by atoms with Crippen LogP contribution in [-0.2, 0) is 16.6 Å². The smallest absolute Gasteiger partial charge is 0.276 e. The molecule has 0 saturated carbocycles. The Labute approximate surface area is 196 Å². The zero-order valence-electron chi connectivity index (χ0n) is 18.6. The molecule has 1 amide bonds. The molecule has 1 aliphatic heterocycles. The van der Waals surface area contributed by atoms with Crippen LogP contribution in [0.4, 0.5) is 5.69 Å². The van der Waals surface area contributed by atoms with Gasteiger partial charge in [0.05, 0.1) is 17.0 Å². The van der Waals surface area contributed by atoms with E-state index in [2.05, 4.69) is 10.4 Å². The minimum absolute atomic E-state index is 0.157. The van der Waals surface area contributed by atoms with E-state index in [1.165, 1.54) is 18.4 Å². The minimum atomic E-state index is -3.50. The highest BCUT2D eigenvalue weighted by atomic mass is 32.2. The van der Waals surface area contributed by atoms with Gasteiger partial charge in [-0.1, -0.05) is 30.3 Å². The van der Waals surface area contributed by atoms with Gasteiger partial charge in [0, 0.05) is 31.2 Å². The fourth-order valence-corrected chi connectivity index (χ4v) is 4.63. The van der Waals surface area contributed by atoms with Gasteiger partial charge < -0.3 is 14.8 Å². The maximum absolute atomic E-state index is 13.1. The Morgan fingerprint density at radius 2 is 1.76 bits per heavy atom. The number of nitrogens with one attached hydrogen (secondary N) is 1. The van der Waals surface area contributed by atoms with Crippen LogP contribution in [0, 0.1) is 0 Å². The van der Waals surface area contributed by atoms with Crippen LogP contribution in [0.3, 0.4) is 0 Å². The molecule has 0 saturated heterocycles. The van der Waals surface area contributed by atoms with Gasteiger partial charge in [0.1, 0.15) is 0 Å². The van der Waals surface area contributed by atoms with E-state index in [0.29, 0.717) is 34.8 Å². The highest BCUT2D eigenvalue weighted by Crippen LogP contribution is 2.34. The summed E-state index contributed by atoms with van der Waals surface area (Å²) in [5.74, 6) is 0.867. The zero-order chi connectivity index (χ0) is 23.9. The molecule has 34 heavy (non-hydrogen) atoms. The van der Waals surface area contributed by atoms with Gasteiger partial charge in [-0.25, -0.2) is 12.7 Å². The number of benzene rings is 3. The first-order valence-electron chi connectivity index (χ1n) is 10.5. The molecule has 0 spiro atoms. The molecule has 1 N–H and O–H groups in total. The number of fused-ring (bicyclic) bond motifs is 2. The van der Waals surface area contributed by atoms with Gasteiger partial charge in [-0.05, 0) is 35.9 Å². The number of amides is 1. The summed E-state index contributed by atoms with van der Waals surface area (Å²) in [6, 6.07) is 19.3. The third-order valence-electron chi connectivity index (χ3n) is 5.54. The first-order chi connectivity index (χ1) is 16.3. The van der Waals surface area contributed by atoms with Gasteiger partial charge in [0.25, 0.3) is 5.91 Å². The Kier molecular flexibility index (Phi) is 5.46. The number of para-hydroxylation sites is 1. The molecule has 0 bridgehead atoms. The van der Waals surface area contributed by atoms with Crippen LogP contribution in [0.2, 0.25) is 0 Å². The molecule has 1 aromatic heterocycles. The normalized spacial score (nSPS) is 12.9. The standard InChI is InChI=1S/C24H22N4O5S/c1-27(2)34(30,31)18-10-7-16(8-11-18)14-28-20-6-4-3-5-19(20)23(26-28)24(29)25-17-9-12-21-22(13-17)33-15-32-21/h3-13H,14-15H2,1-2H3,(H,25,29). The second kappa shape index (κ2) is 8.47. The topological polar surface area (TPSA) is 103 Å². The lowest BCUT2D eigenvalue weighted by Crippen LogP contribution is -2.22. The number of aromatic nitrogens is 2. The number of ether oxygens (including phenoxy) is 2. The number of sulfonamides is 1. The summed E-state index contributed by atoms with van der Waals surface area (Å²) in [5, 5.41) is 8.16. The molecule has 0 atom stereocenters. The van der Waals surface area contributed by atoms with Gasteiger partial charge in [0.2, 0.25) is 16.8 Å². The van der Waals surface area contributed by atoms with Crippen LogP contribution >= 0.6 is 0 Å². The number of carbonyl (C=O) groups is 1. The van der Waals surface area contributed by atoms with Crippen LogP contribution in [0.15, 0.2) is 71.6 Å². The third-order valence-corrected chi connectivity index (χ3v) is 7.37. The SMILES string of the molecule is CN(C)S(=O)(=O)c1ccc(Cn2nc(C(=O)Nc3ccc4c(c3)OCO4)c3ccccc32)cc1. The Balaban J connectivity index is 1.42. The summed E-state index contributed by atoms with van der Waals surface area (Å²) >= 11 is 0. The van der Waals surface area contributed by atoms with Crippen molar-refractivity contribution in [2.24, 2.45) is 0 Å². The average molecular weight is 479 g/mol. The highest BCUT2D eigenvalue weighted by Gasteiger charge is 2.20. The highest BCUT2D eigenvalue weighted by molar-refractivity contribution is 7.89. The first kappa shape index (κ1) is 21.9. The number of anilines is 1. The van der Waals surface area contributed by atoms with E-state index in [9.17, 15) is 13.2 Å². The van der Waals surface area contributed by atoms with Crippen LogP contribution in [0.1, 0.15) is 16.1 Å². The van der Waals surface area contributed by atoms with E-state index in [1.807, 2.05) is 24.3 Å². The zero-order valence-corrected chi connectivity index (χ0v) is 19.4. The molecule has 9 nitrogen and oxygen atoms in total. The van der Waals surface area contributed by atoms with Crippen molar-refractivity contribution in [3.8, 4) is 11.5 Å². The van der Waals surface area contributed by atoms with E-state index in [4.69, 9.17) is 9.47 Å². The lowest BCUT2D eigenvalue weighted by Gasteiger charge is -2.11. The Bertz CT molecular complexity index is 1490. The van der Waals surface area contributed by atoms with Crippen molar-refractivity contribution in [1.82, 2.24) is 14.1 Å². The van der Waals surface area contributed by atoms with Crippen molar-refractivity contribution in [3.05, 3.63) is 78.0 Å². The molecule has 0 radical (unpaired) electrons. The van der Waals surface area contributed by atoms with Crippen molar-refractivity contribution in [2.45, 2.75) is 11.4 Å². The van der Waals surface area contributed by atoms with Crippen LogP contribution in [-0.4, -0.2) is 49.3 Å². The van der Waals surface area contributed by atoms with Crippen molar-refractivity contribution in [2.75, 3.05) is 26.2 Å². The molecular formula is C24H22N4O5S. The number of rotatable bonds is 6. The Hall–Kier alpha value is -3.89. The molecular weight excluding hydrogens is 456 g/mol. The van der Waals surface area contributed by atoms with Crippen molar-refractivity contribution in [3.63, 3.8) is 0 Å². The van der Waals surface area contributed by atoms with Crippen molar-refractivity contribution >= 4 is 32.5 Å². The van der Waals surface area contributed by atoms with Crippen molar-refractivity contribution in [1.29, 1.82) is 0 Å². The number of nitrogens with zero attached hydrogens (tertiary/aromatic N) is 3. The second-order valence-corrected chi connectivity index (χ2v) is 10.1. The number of hydrogen-bond acceptors (Lipinski definition) is 6. The number of carbonyl (C=O) groups excluding carboxylic acids is 1. The average Bonchev–Trinajstić information content (AvgIpc) is 3.44. The Morgan fingerprint density at radius 1 is 1.03 bits per heavy atom. The molecule has 0 aliphatic carbocycles. The van der Waals surface area contributed by atoms with E-state index in [-0.39, 0.29) is 17.6 Å². The van der Waals surface area contributed by atoms with Crippen molar-refractivity contribution < 1.29 is 22.7 Å². The molecule has 5 rings (SSSR count). The number of hydrogen-bond donors (Lipinski definition) is 1. The molecule has 4 aromatic rings. The van der Waals surface area contributed by atoms with Crippen LogP contribution in [0.5, 0.6) is 11.5 Å². The van der Waals surface area contributed by atoms with E-state index in [1.54, 1.807) is 47.1 Å². The molecule has 0 unspecified atom stereocenters. The van der Waals surface area contributed by atoms with Gasteiger partial charge in [-0.2, -0.15) is 5.10 Å². The first-order valence-corrected chi connectivity index (χ1v) is 11.9. The molecule has 3 aromatic carbocycles. The quantitative estimate of drug-likeness (QED) is 0.456. The van der Waals surface area contributed by atoms with Gasteiger partial charge in [-0.3, -0.25) is 9.48 Å². The third kappa shape index (κ3) is 3.97. The molecule has 174 valence electrons. The maximum atomic E-state index is 13.1. The molecule has 2 heterocycles. The lowest BCUT2D eigenvalue weighted by atomic mass is 10.2. The van der Waals surface area contributed by atoms with E-state index < -0.39 is 10.0 Å². The largest absolute Gasteiger partial charge is 0.454 e. The van der Waals surface area contributed by atoms with E-state index >= 15 is 0 Å². The second-order valence-electron chi connectivity index (χ2n) is 7.98. The fourth-order valence-electron chi connectivity index (χ4n) is 3.73. The summed E-state index contributed by atoms with van der Waals surface area (Å²) in [6.07, 6.45) is 0. The summed E-state index contributed by atoms with van der Waals surface area (Å²) in [7, 11) is -0.510. The van der Waals surface area contributed by atoms with Gasteiger partial charge in [0.15, 0.2) is 17.2 Å². The van der Waals surface area contributed by atoms with E-state index in [0.717, 1.165) is 11.1 Å². The monoisotopic (exact) mass is 478 g/mol. The maximum Gasteiger partial charge on any atom is 0.276 e. The van der Waals surface area contributed by atoms with Crippen LogP contribution < -0.4 is 14.8 Å². The fraction of sp³-hybridized carbons (Fsp3) is 0.167. The molecule has 1 aliphatic rings. The minimum Gasteiger partial charge on any atom is -0.454 e. The molecule has 10 heteroatoms. The van der Waals surface area contributed by atoms with Crippen LogP contribution in [0.25, 0.3) is 10.9 Å². The van der Waals surface area contributed by atoms with Gasteiger partial charge >= 0.3 is 0 Å². The molecule has 0 fully saturated rings.